The second-order valence-corrected chi connectivity index (χ2v) is 12.2. The first-order chi connectivity index (χ1) is 10.1. The van der Waals surface area contributed by atoms with Crippen LogP contribution in [0.3, 0.4) is 0 Å². The van der Waals surface area contributed by atoms with Crippen LogP contribution in [0.2, 0.25) is 18.1 Å². The number of hydrogen-bond acceptors (Lipinski definition) is 4. The number of amides is 1. The minimum atomic E-state index is -1.83. The summed E-state index contributed by atoms with van der Waals surface area (Å²) in [6.07, 6.45) is 3.55. The summed E-state index contributed by atoms with van der Waals surface area (Å²) in [5.74, 6) is -0.130. The van der Waals surface area contributed by atoms with Gasteiger partial charge in [0.15, 0.2) is 8.32 Å². The van der Waals surface area contributed by atoms with Crippen LogP contribution in [-0.2, 0) is 21.0 Å². The lowest BCUT2D eigenvalue weighted by molar-refractivity contribution is -0.124. The van der Waals surface area contributed by atoms with Gasteiger partial charge in [0, 0.05) is 19.7 Å². The second kappa shape index (κ2) is 6.14. The topological polar surface area (TPSA) is 65.4 Å². The molecule has 22 heavy (non-hydrogen) atoms. The molecule has 1 amide bonds. The van der Waals surface area contributed by atoms with Gasteiger partial charge in [-0.05, 0) is 18.1 Å². The van der Waals surface area contributed by atoms with Crippen LogP contribution in [0.15, 0.2) is 12.4 Å². The van der Waals surface area contributed by atoms with Crippen LogP contribution in [-0.4, -0.2) is 42.8 Å². The summed E-state index contributed by atoms with van der Waals surface area (Å²) in [6.45, 7) is 11.6. The van der Waals surface area contributed by atoms with Crippen LogP contribution in [0.4, 0.5) is 5.69 Å². The Bertz CT molecular complexity index is 536. The SMILES string of the molecule is Cn1cc(NC(=O)C2CC(O[Si](C)(C)C(C)(C)C)CO2)cn1. The Morgan fingerprint density at radius 3 is 2.73 bits per heavy atom. The zero-order valence-electron chi connectivity index (χ0n) is 14.3. The van der Waals surface area contributed by atoms with E-state index in [9.17, 15) is 4.79 Å². The Labute approximate surface area is 133 Å². The number of aryl methyl sites for hydroxylation is 1. The number of nitrogens with one attached hydrogen (secondary N) is 1. The highest BCUT2D eigenvalue weighted by molar-refractivity contribution is 6.74. The van der Waals surface area contributed by atoms with Gasteiger partial charge in [0.25, 0.3) is 5.91 Å². The summed E-state index contributed by atoms with van der Waals surface area (Å²) in [7, 11) is -0.0198. The number of rotatable bonds is 4. The van der Waals surface area contributed by atoms with Gasteiger partial charge in [-0.3, -0.25) is 9.48 Å². The number of nitrogens with zero attached hydrogens (tertiary/aromatic N) is 2. The van der Waals surface area contributed by atoms with E-state index < -0.39 is 14.4 Å². The average Bonchev–Trinajstić information content (AvgIpc) is 2.97. The normalized spacial score (nSPS) is 22.8. The maximum absolute atomic E-state index is 12.2. The summed E-state index contributed by atoms with van der Waals surface area (Å²) in [5.41, 5.74) is 0.685. The lowest BCUT2D eigenvalue weighted by Crippen LogP contribution is -2.44. The molecule has 1 aliphatic rings. The van der Waals surface area contributed by atoms with Crippen molar-refractivity contribution in [1.82, 2.24) is 9.78 Å². The highest BCUT2D eigenvalue weighted by Gasteiger charge is 2.42. The molecule has 1 N–H and O–H groups in total. The molecule has 0 aliphatic carbocycles. The van der Waals surface area contributed by atoms with Crippen molar-refractivity contribution in [3.05, 3.63) is 12.4 Å². The molecular weight excluding hydrogens is 298 g/mol. The smallest absolute Gasteiger partial charge is 0.253 e. The Kier molecular flexibility index (Phi) is 4.79. The number of carbonyl (C=O) groups excluding carboxylic acids is 1. The molecule has 0 saturated carbocycles. The van der Waals surface area contributed by atoms with E-state index in [1.165, 1.54) is 0 Å². The van der Waals surface area contributed by atoms with Gasteiger partial charge in [-0.2, -0.15) is 5.10 Å². The van der Waals surface area contributed by atoms with Gasteiger partial charge in [0.1, 0.15) is 6.10 Å². The molecular formula is C15H27N3O3Si. The van der Waals surface area contributed by atoms with Gasteiger partial charge in [-0.1, -0.05) is 20.8 Å². The third-order valence-corrected chi connectivity index (χ3v) is 9.03. The maximum Gasteiger partial charge on any atom is 0.253 e. The number of aromatic nitrogens is 2. The van der Waals surface area contributed by atoms with Crippen molar-refractivity contribution in [3.8, 4) is 0 Å². The average molecular weight is 325 g/mol. The fourth-order valence-corrected chi connectivity index (χ4v) is 3.52. The first-order valence-electron chi connectivity index (χ1n) is 7.67. The monoisotopic (exact) mass is 325 g/mol. The first kappa shape index (κ1) is 17.2. The summed E-state index contributed by atoms with van der Waals surface area (Å²) in [4.78, 5) is 12.2. The first-order valence-corrected chi connectivity index (χ1v) is 10.6. The van der Waals surface area contributed by atoms with Crippen molar-refractivity contribution in [1.29, 1.82) is 0 Å². The number of anilines is 1. The molecule has 1 saturated heterocycles. The molecule has 6 nitrogen and oxygen atoms in total. The molecule has 0 spiro atoms. The summed E-state index contributed by atoms with van der Waals surface area (Å²) < 4.78 is 13.6. The van der Waals surface area contributed by atoms with Crippen LogP contribution in [0.1, 0.15) is 27.2 Å². The molecule has 1 aromatic rings. The van der Waals surface area contributed by atoms with Gasteiger partial charge >= 0.3 is 0 Å². The van der Waals surface area contributed by atoms with E-state index in [1.54, 1.807) is 17.1 Å². The van der Waals surface area contributed by atoms with Crippen molar-refractivity contribution < 1.29 is 14.0 Å². The number of carbonyl (C=O) groups is 1. The van der Waals surface area contributed by atoms with Crippen molar-refractivity contribution in [2.24, 2.45) is 7.05 Å². The highest BCUT2D eigenvalue weighted by Crippen LogP contribution is 2.38. The van der Waals surface area contributed by atoms with Crippen molar-refractivity contribution >= 4 is 19.9 Å². The Morgan fingerprint density at radius 1 is 1.50 bits per heavy atom. The maximum atomic E-state index is 12.2. The van der Waals surface area contributed by atoms with Gasteiger partial charge in [-0.25, -0.2) is 0 Å². The molecule has 1 aliphatic heterocycles. The molecule has 124 valence electrons. The Hall–Kier alpha value is -1.18. The summed E-state index contributed by atoms with van der Waals surface area (Å²) in [5, 5.41) is 7.01. The third-order valence-electron chi connectivity index (χ3n) is 4.49. The van der Waals surface area contributed by atoms with Crippen LogP contribution in [0.5, 0.6) is 0 Å². The van der Waals surface area contributed by atoms with Crippen LogP contribution in [0, 0.1) is 0 Å². The molecule has 1 fully saturated rings. The van der Waals surface area contributed by atoms with Crippen LogP contribution < -0.4 is 5.32 Å². The van der Waals surface area contributed by atoms with E-state index in [-0.39, 0.29) is 17.0 Å². The van der Waals surface area contributed by atoms with Crippen LogP contribution >= 0.6 is 0 Å². The quantitative estimate of drug-likeness (QED) is 0.864. The molecule has 2 heterocycles. The molecule has 2 atom stereocenters. The van der Waals surface area contributed by atoms with E-state index in [1.807, 2.05) is 7.05 Å². The second-order valence-electron chi connectivity index (χ2n) is 7.45. The molecule has 2 unspecified atom stereocenters. The van der Waals surface area contributed by atoms with E-state index in [4.69, 9.17) is 9.16 Å². The lowest BCUT2D eigenvalue weighted by Gasteiger charge is -2.38. The third kappa shape index (κ3) is 3.96. The van der Waals surface area contributed by atoms with Gasteiger partial charge in [0.2, 0.25) is 0 Å². The van der Waals surface area contributed by atoms with E-state index in [0.29, 0.717) is 18.7 Å². The van der Waals surface area contributed by atoms with Crippen LogP contribution in [0.25, 0.3) is 0 Å². The minimum Gasteiger partial charge on any atom is -0.411 e. The standard InChI is InChI=1S/C15H27N3O3Si/c1-15(2,3)22(5,6)21-12-7-13(20-10-12)14(19)17-11-8-16-18(4)9-11/h8-9,12-13H,7,10H2,1-6H3,(H,17,19). The minimum absolute atomic E-state index is 0.00513. The molecule has 2 rings (SSSR count). The zero-order chi connectivity index (χ0) is 16.5. The molecule has 0 radical (unpaired) electrons. The predicted molar refractivity (Wildman–Crippen MR) is 88.3 cm³/mol. The highest BCUT2D eigenvalue weighted by atomic mass is 28.4. The molecule has 0 aromatic carbocycles. The lowest BCUT2D eigenvalue weighted by atomic mass is 10.2. The van der Waals surface area contributed by atoms with E-state index in [0.717, 1.165) is 0 Å². The van der Waals surface area contributed by atoms with Gasteiger partial charge in [-0.15, -0.1) is 0 Å². The molecule has 7 heteroatoms. The van der Waals surface area contributed by atoms with E-state index in [2.05, 4.69) is 44.3 Å². The molecule has 1 aromatic heterocycles. The number of hydrogen-bond donors (Lipinski definition) is 1. The Balaban J connectivity index is 1.88. The Morgan fingerprint density at radius 2 is 2.18 bits per heavy atom. The van der Waals surface area contributed by atoms with Crippen molar-refractivity contribution in [3.63, 3.8) is 0 Å². The summed E-state index contributed by atoms with van der Waals surface area (Å²) >= 11 is 0. The van der Waals surface area contributed by atoms with Gasteiger partial charge in [0.05, 0.1) is 24.6 Å². The van der Waals surface area contributed by atoms with E-state index >= 15 is 0 Å². The number of ether oxygens (including phenoxy) is 1. The predicted octanol–water partition coefficient (Wildman–Crippen LogP) is 2.54. The fraction of sp³-hybridized carbons (Fsp3) is 0.733. The largest absolute Gasteiger partial charge is 0.411 e. The summed E-state index contributed by atoms with van der Waals surface area (Å²) in [6, 6.07) is 0. The van der Waals surface area contributed by atoms with Gasteiger partial charge < -0.3 is 14.5 Å². The zero-order valence-corrected chi connectivity index (χ0v) is 15.3. The molecule has 0 bridgehead atoms. The van der Waals surface area contributed by atoms with Crippen molar-refractivity contribution in [2.75, 3.05) is 11.9 Å². The van der Waals surface area contributed by atoms with Crippen molar-refractivity contribution in [2.45, 2.75) is 57.5 Å². The fourth-order valence-electron chi connectivity index (χ4n) is 2.17.